The minimum Gasteiger partial charge on any atom is -0.378 e. The third-order valence-corrected chi connectivity index (χ3v) is 6.33. The van der Waals surface area contributed by atoms with Gasteiger partial charge >= 0.3 is 0 Å². The summed E-state index contributed by atoms with van der Waals surface area (Å²) in [4.78, 5) is 19.2. The zero-order valence-corrected chi connectivity index (χ0v) is 17.3. The van der Waals surface area contributed by atoms with Crippen LogP contribution in [0.3, 0.4) is 0 Å². The fourth-order valence-corrected chi connectivity index (χ4v) is 4.53. The number of halogens is 1. The van der Waals surface area contributed by atoms with E-state index < -0.39 is 0 Å². The molecular weight excluding hydrogens is 461 g/mol. The first-order valence-electron chi connectivity index (χ1n) is 8.41. The van der Waals surface area contributed by atoms with Crippen LogP contribution in [-0.2, 0) is 4.74 Å². The lowest BCUT2D eigenvalue weighted by Gasteiger charge is -2.27. The Morgan fingerprint density at radius 2 is 2.04 bits per heavy atom. The van der Waals surface area contributed by atoms with E-state index in [-0.39, 0.29) is 5.91 Å². The molecule has 2 aromatic heterocycles. The van der Waals surface area contributed by atoms with Gasteiger partial charge in [-0.2, -0.15) is 0 Å². The predicted octanol–water partition coefficient (Wildman–Crippen LogP) is 4.33. The number of hydrogen-bond acceptors (Lipinski definition) is 4. The van der Waals surface area contributed by atoms with E-state index in [1.807, 2.05) is 35.4 Å². The number of rotatable bonds is 3. The fraction of sp³-hybridized carbons (Fsp3) is 0.263. The highest BCUT2D eigenvalue weighted by molar-refractivity contribution is 14.2. The molecule has 1 saturated heterocycles. The maximum absolute atomic E-state index is 12.7. The first-order valence-corrected chi connectivity index (χ1v) is 11.7. The molecule has 0 bridgehead atoms. The van der Waals surface area contributed by atoms with E-state index in [0.29, 0.717) is 31.9 Å². The maximum atomic E-state index is 12.7. The SMILES string of the molecule is Cc1cn(SI)c2ncc(-c3cccc(C(=O)N4CCOCC4)c3)cc12. The minimum absolute atomic E-state index is 0.0628. The molecule has 7 heteroatoms. The van der Waals surface area contributed by atoms with Crippen LogP contribution in [-0.4, -0.2) is 46.1 Å². The fourth-order valence-electron chi connectivity index (χ4n) is 3.22. The molecule has 0 atom stereocenters. The van der Waals surface area contributed by atoms with Crippen LogP contribution >= 0.6 is 30.3 Å². The highest BCUT2D eigenvalue weighted by atomic mass is 127. The first-order chi connectivity index (χ1) is 12.7. The molecule has 3 heterocycles. The van der Waals surface area contributed by atoms with Crippen molar-refractivity contribution < 1.29 is 9.53 Å². The molecule has 1 amide bonds. The summed E-state index contributed by atoms with van der Waals surface area (Å²) in [5.74, 6) is 0.0628. The van der Waals surface area contributed by atoms with Gasteiger partial charge in [0, 0.05) is 72.3 Å². The molecule has 1 aliphatic rings. The number of fused-ring (bicyclic) bond motifs is 1. The summed E-state index contributed by atoms with van der Waals surface area (Å²) in [7, 11) is 1.61. The Labute approximate surface area is 168 Å². The second-order valence-corrected chi connectivity index (χ2v) is 8.00. The molecule has 134 valence electrons. The van der Waals surface area contributed by atoms with Crippen LogP contribution < -0.4 is 0 Å². The smallest absolute Gasteiger partial charge is 0.254 e. The standard InChI is InChI=1S/C19H18IN3O2S/c1-13-12-23(26-20)18-17(13)10-16(11-21-18)14-3-2-4-15(9-14)19(24)22-5-7-25-8-6-22/h2-4,9-12H,5-8H2,1H3. The van der Waals surface area contributed by atoms with Crippen LogP contribution in [0.2, 0.25) is 0 Å². The summed E-state index contributed by atoms with van der Waals surface area (Å²) in [6, 6.07) is 9.95. The Hall–Kier alpha value is -1.58. The molecule has 0 N–H and O–H groups in total. The van der Waals surface area contributed by atoms with E-state index in [0.717, 1.165) is 22.2 Å². The summed E-state index contributed by atoms with van der Waals surface area (Å²) in [5.41, 5.74) is 4.90. The number of benzene rings is 1. The van der Waals surface area contributed by atoms with Gasteiger partial charge in [0.05, 0.1) is 13.2 Å². The zero-order chi connectivity index (χ0) is 18.1. The van der Waals surface area contributed by atoms with Gasteiger partial charge in [0.25, 0.3) is 5.91 Å². The Kier molecular flexibility index (Phi) is 5.19. The zero-order valence-electron chi connectivity index (χ0n) is 14.3. The van der Waals surface area contributed by atoms with Gasteiger partial charge < -0.3 is 9.64 Å². The van der Waals surface area contributed by atoms with Crippen molar-refractivity contribution in [1.82, 2.24) is 13.9 Å². The average molecular weight is 479 g/mol. The number of aromatic nitrogens is 2. The third kappa shape index (κ3) is 3.35. The van der Waals surface area contributed by atoms with Crippen LogP contribution in [0.15, 0.2) is 42.7 Å². The average Bonchev–Trinajstić information content (AvgIpc) is 3.03. The van der Waals surface area contributed by atoms with Gasteiger partial charge in [-0.25, -0.2) is 4.98 Å². The molecule has 3 aromatic rings. The molecule has 26 heavy (non-hydrogen) atoms. The van der Waals surface area contributed by atoms with E-state index in [4.69, 9.17) is 4.74 Å². The van der Waals surface area contributed by atoms with Gasteiger partial charge in [0.1, 0.15) is 0 Å². The van der Waals surface area contributed by atoms with Gasteiger partial charge in [-0.1, -0.05) is 12.1 Å². The number of nitrogens with zero attached hydrogens (tertiary/aromatic N) is 3. The number of morpholine rings is 1. The number of carbonyl (C=O) groups is 1. The van der Waals surface area contributed by atoms with E-state index in [9.17, 15) is 4.79 Å². The van der Waals surface area contributed by atoms with Crippen LogP contribution in [0.25, 0.3) is 22.2 Å². The predicted molar refractivity (Wildman–Crippen MR) is 114 cm³/mol. The second-order valence-electron chi connectivity index (χ2n) is 6.29. The number of hydrogen-bond donors (Lipinski definition) is 0. The number of pyridine rings is 1. The van der Waals surface area contributed by atoms with E-state index in [1.165, 1.54) is 5.56 Å². The quantitative estimate of drug-likeness (QED) is 0.525. The van der Waals surface area contributed by atoms with Crippen molar-refractivity contribution in [2.75, 3.05) is 26.3 Å². The topological polar surface area (TPSA) is 47.4 Å². The lowest BCUT2D eigenvalue weighted by molar-refractivity contribution is 0.0303. The molecule has 1 aromatic carbocycles. The Bertz CT molecular complexity index is 967. The molecule has 1 aliphatic heterocycles. The summed E-state index contributed by atoms with van der Waals surface area (Å²) in [6.45, 7) is 4.61. The van der Waals surface area contributed by atoms with Gasteiger partial charge in [-0.05, 0) is 36.2 Å². The van der Waals surface area contributed by atoms with Crippen molar-refractivity contribution in [3.8, 4) is 11.1 Å². The largest absolute Gasteiger partial charge is 0.378 e. The molecular formula is C19H18IN3O2S. The summed E-state index contributed by atoms with van der Waals surface area (Å²) in [6.07, 6.45) is 3.97. The molecule has 0 saturated carbocycles. The van der Waals surface area contributed by atoms with Crippen molar-refractivity contribution in [3.05, 3.63) is 53.9 Å². The lowest BCUT2D eigenvalue weighted by atomic mass is 10.0. The first kappa shape index (κ1) is 17.8. The van der Waals surface area contributed by atoms with Gasteiger partial charge in [0.15, 0.2) is 5.65 Å². The summed E-state index contributed by atoms with van der Waals surface area (Å²) < 4.78 is 7.40. The number of aryl methyl sites for hydroxylation is 1. The third-order valence-electron chi connectivity index (χ3n) is 4.63. The molecule has 1 fully saturated rings. The molecule has 0 radical (unpaired) electrons. The van der Waals surface area contributed by atoms with Crippen LogP contribution in [0.1, 0.15) is 15.9 Å². The maximum Gasteiger partial charge on any atom is 0.254 e. The van der Waals surface area contributed by atoms with Gasteiger partial charge in [-0.3, -0.25) is 8.77 Å². The van der Waals surface area contributed by atoms with E-state index in [1.54, 1.807) is 9.12 Å². The Morgan fingerprint density at radius 3 is 2.81 bits per heavy atom. The normalized spacial score (nSPS) is 14.8. The van der Waals surface area contributed by atoms with Crippen molar-refractivity contribution in [2.24, 2.45) is 0 Å². The number of amides is 1. The number of carbonyl (C=O) groups excluding carboxylic acids is 1. The van der Waals surface area contributed by atoms with Crippen LogP contribution in [0.5, 0.6) is 0 Å². The van der Waals surface area contributed by atoms with E-state index in [2.05, 4.69) is 49.3 Å². The highest BCUT2D eigenvalue weighted by Gasteiger charge is 2.19. The van der Waals surface area contributed by atoms with Crippen molar-refractivity contribution in [1.29, 1.82) is 0 Å². The van der Waals surface area contributed by atoms with Crippen LogP contribution in [0, 0.1) is 6.92 Å². The summed E-state index contributed by atoms with van der Waals surface area (Å²) >= 11 is 2.26. The Morgan fingerprint density at radius 1 is 1.23 bits per heavy atom. The monoisotopic (exact) mass is 479 g/mol. The van der Waals surface area contributed by atoms with Gasteiger partial charge in [0.2, 0.25) is 0 Å². The second kappa shape index (κ2) is 7.58. The Balaban J connectivity index is 1.69. The van der Waals surface area contributed by atoms with Crippen LogP contribution in [0.4, 0.5) is 0 Å². The van der Waals surface area contributed by atoms with Crippen molar-refractivity contribution >= 4 is 47.3 Å². The van der Waals surface area contributed by atoms with E-state index >= 15 is 0 Å². The minimum atomic E-state index is 0.0628. The van der Waals surface area contributed by atoms with Crippen molar-refractivity contribution in [3.63, 3.8) is 0 Å². The van der Waals surface area contributed by atoms with Gasteiger partial charge in [-0.15, -0.1) is 0 Å². The molecule has 0 aliphatic carbocycles. The number of ether oxygens (including phenoxy) is 1. The summed E-state index contributed by atoms with van der Waals surface area (Å²) in [5, 5.41) is 1.14. The molecule has 0 unspecified atom stereocenters. The lowest BCUT2D eigenvalue weighted by Crippen LogP contribution is -2.40. The highest BCUT2D eigenvalue weighted by Crippen LogP contribution is 2.30. The van der Waals surface area contributed by atoms with Crippen molar-refractivity contribution in [2.45, 2.75) is 6.92 Å². The molecule has 4 rings (SSSR count). The molecule has 5 nitrogen and oxygen atoms in total. The molecule has 0 spiro atoms.